The standard InChI is InChI=1S/C14H22O2/c1-10(2)14(11(3)4)16-13(15)9-12-7-5-6-8-12/h5,7,9-11,14H,6,8H2,1-4H3/b12-9-. The summed E-state index contributed by atoms with van der Waals surface area (Å²) in [5, 5.41) is 0. The Morgan fingerprint density at radius 2 is 1.94 bits per heavy atom. The molecule has 1 aliphatic rings. The third kappa shape index (κ3) is 3.84. The normalized spacial score (nSPS) is 18.1. The summed E-state index contributed by atoms with van der Waals surface area (Å²) in [5.41, 5.74) is 1.08. The fraction of sp³-hybridized carbons (Fsp3) is 0.643. The highest BCUT2D eigenvalue weighted by atomic mass is 16.5. The number of carbonyl (C=O) groups is 1. The topological polar surface area (TPSA) is 26.3 Å². The van der Waals surface area contributed by atoms with Crippen LogP contribution in [-0.4, -0.2) is 12.1 Å². The molecule has 0 fully saturated rings. The fourth-order valence-corrected chi connectivity index (χ4v) is 2.05. The molecule has 0 amide bonds. The zero-order chi connectivity index (χ0) is 12.1. The molecule has 0 atom stereocenters. The molecule has 2 heteroatoms. The highest BCUT2D eigenvalue weighted by Gasteiger charge is 2.21. The van der Waals surface area contributed by atoms with E-state index in [4.69, 9.17) is 4.74 Å². The summed E-state index contributed by atoms with van der Waals surface area (Å²) in [6.45, 7) is 8.34. The average Bonchev–Trinajstić information content (AvgIpc) is 2.65. The molecule has 0 aromatic carbocycles. The van der Waals surface area contributed by atoms with Crippen molar-refractivity contribution in [3.63, 3.8) is 0 Å². The summed E-state index contributed by atoms with van der Waals surface area (Å²) in [7, 11) is 0. The summed E-state index contributed by atoms with van der Waals surface area (Å²) in [5.74, 6) is 0.525. The average molecular weight is 222 g/mol. The minimum Gasteiger partial charge on any atom is -0.459 e. The van der Waals surface area contributed by atoms with E-state index >= 15 is 0 Å². The predicted molar refractivity (Wildman–Crippen MR) is 66.0 cm³/mol. The lowest BCUT2D eigenvalue weighted by Gasteiger charge is -2.24. The molecule has 0 spiro atoms. The molecule has 0 aliphatic heterocycles. The smallest absolute Gasteiger partial charge is 0.331 e. The van der Waals surface area contributed by atoms with Gasteiger partial charge in [0.2, 0.25) is 0 Å². The van der Waals surface area contributed by atoms with Gasteiger partial charge < -0.3 is 4.74 Å². The number of rotatable bonds is 4. The lowest BCUT2D eigenvalue weighted by molar-refractivity contribution is -0.147. The zero-order valence-electron chi connectivity index (χ0n) is 10.7. The van der Waals surface area contributed by atoms with Crippen molar-refractivity contribution in [3.8, 4) is 0 Å². The van der Waals surface area contributed by atoms with Crippen molar-refractivity contribution < 1.29 is 9.53 Å². The summed E-state index contributed by atoms with van der Waals surface area (Å²) in [4.78, 5) is 11.7. The van der Waals surface area contributed by atoms with Crippen molar-refractivity contribution in [2.24, 2.45) is 11.8 Å². The Balaban J connectivity index is 2.55. The maximum absolute atomic E-state index is 11.7. The van der Waals surface area contributed by atoms with Crippen LogP contribution in [0.3, 0.4) is 0 Å². The number of allylic oxidation sites excluding steroid dienone is 3. The van der Waals surface area contributed by atoms with E-state index in [1.54, 1.807) is 6.08 Å². The van der Waals surface area contributed by atoms with E-state index in [0.29, 0.717) is 11.8 Å². The number of ether oxygens (including phenoxy) is 1. The molecular weight excluding hydrogens is 200 g/mol. The van der Waals surface area contributed by atoms with Gasteiger partial charge in [-0.25, -0.2) is 4.79 Å². The molecule has 1 aliphatic carbocycles. The van der Waals surface area contributed by atoms with Crippen LogP contribution in [0.25, 0.3) is 0 Å². The fourth-order valence-electron chi connectivity index (χ4n) is 2.05. The Labute approximate surface area is 98.4 Å². The molecule has 0 radical (unpaired) electrons. The molecule has 0 N–H and O–H groups in total. The monoisotopic (exact) mass is 222 g/mol. The van der Waals surface area contributed by atoms with Crippen molar-refractivity contribution >= 4 is 5.97 Å². The van der Waals surface area contributed by atoms with Crippen molar-refractivity contribution in [2.75, 3.05) is 0 Å². The zero-order valence-corrected chi connectivity index (χ0v) is 10.7. The molecule has 0 saturated heterocycles. The second-order valence-corrected chi connectivity index (χ2v) is 5.05. The minimum absolute atomic E-state index is 0.00901. The number of carbonyl (C=O) groups excluding carboxylic acids is 1. The third-order valence-electron chi connectivity index (χ3n) is 2.80. The first-order valence-electron chi connectivity index (χ1n) is 6.08. The highest BCUT2D eigenvalue weighted by Crippen LogP contribution is 2.19. The Morgan fingerprint density at radius 3 is 2.38 bits per heavy atom. The van der Waals surface area contributed by atoms with Crippen LogP contribution in [0.5, 0.6) is 0 Å². The minimum atomic E-state index is -0.200. The first kappa shape index (κ1) is 13.0. The van der Waals surface area contributed by atoms with E-state index in [9.17, 15) is 4.79 Å². The van der Waals surface area contributed by atoms with Gasteiger partial charge in [0.05, 0.1) is 0 Å². The maximum atomic E-state index is 11.7. The van der Waals surface area contributed by atoms with Gasteiger partial charge in [0, 0.05) is 6.08 Å². The van der Waals surface area contributed by atoms with Gasteiger partial charge in [0.1, 0.15) is 6.10 Å². The van der Waals surface area contributed by atoms with Crippen LogP contribution in [0.15, 0.2) is 23.8 Å². The van der Waals surface area contributed by atoms with Crippen LogP contribution in [0.2, 0.25) is 0 Å². The van der Waals surface area contributed by atoms with Gasteiger partial charge in [-0.15, -0.1) is 0 Å². The van der Waals surface area contributed by atoms with Gasteiger partial charge >= 0.3 is 5.97 Å². The third-order valence-corrected chi connectivity index (χ3v) is 2.80. The highest BCUT2D eigenvalue weighted by molar-refractivity contribution is 5.83. The molecule has 0 heterocycles. The van der Waals surface area contributed by atoms with Crippen LogP contribution in [-0.2, 0) is 9.53 Å². The molecule has 0 bridgehead atoms. The maximum Gasteiger partial charge on any atom is 0.331 e. The number of hydrogen-bond donors (Lipinski definition) is 0. The van der Waals surface area contributed by atoms with Gasteiger partial charge in [-0.1, -0.05) is 39.8 Å². The van der Waals surface area contributed by atoms with Crippen molar-refractivity contribution in [1.29, 1.82) is 0 Å². The molecule has 0 saturated carbocycles. The summed E-state index contributed by atoms with van der Waals surface area (Å²) < 4.78 is 5.49. The Morgan fingerprint density at radius 1 is 1.31 bits per heavy atom. The summed E-state index contributed by atoms with van der Waals surface area (Å²) >= 11 is 0. The van der Waals surface area contributed by atoms with Crippen LogP contribution in [0, 0.1) is 11.8 Å². The first-order valence-corrected chi connectivity index (χ1v) is 6.08. The quantitative estimate of drug-likeness (QED) is 0.537. The lowest BCUT2D eigenvalue weighted by atomic mass is 9.96. The molecule has 0 aromatic rings. The Hall–Kier alpha value is -1.05. The van der Waals surface area contributed by atoms with E-state index in [2.05, 4.69) is 33.8 Å². The largest absolute Gasteiger partial charge is 0.459 e. The van der Waals surface area contributed by atoms with Gasteiger partial charge in [0.15, 0.2) is 0 Å². The van der Waals surface area contributed by atoms with Gasteiger partial charge in [-0.05, 0) is 30.3 Å². The molecular formula is C14H22O2. The van der Waals surface area contributed by atoms with Crippen LogP contribution in [0.4, 0.5) is 0 Å². The second kappa shape index (κ2) is 5.88. The summed E-state index contributed by atoms with van der Waals surface area (Å²) in [6.07, 6.45) is 7.72. The van der Waals surface area contributed by atoms with Crippen molar-refractivity contribution in [2.45, 2.75) is 46.6 Å². The lowest BCUT2D eigenvalue weighted by Crippen LogP contribution is -2.28. The van der Waals surface area contributed by atoms with E-state index < -0.39 is 0 Å². The van der Waals surface area contributed by atoms with Gasteiger partial charge in [-0.3, -0.25) is 0 Å². The van der Waals surface area contributed by atoms with E-state index in [-0.39, 0.29) is 12.1 Å². The van der Waals surface area contributed by atoms with Crippen LogP contribution in [0.1, 0.15) is 40.5 Å². The predicted octanol–water partition coefficient (Wildman–Crippen LogP) is 3.49. The molecule has 16 heavy (non-hydrogen) atoms. The molecule has 1 rings (SSSR count). The number of esters is 1. The SMILES string of the molecule is CC(C)C(OC(=O)/C=C1/C=CCC1)C(C)C. The molecule has 2 nitrogen and oxygen atoms in total. The first-order chi connectivity index (χ1) is 7.50. The summed E-state index contributed by atoms with van der Waals surface area (Å²) in [6, 6.07) is 0. The van der Waals surface area contributed by atoms with E-state index in [1.165, 1.54) is 0 Å². The molecule has 0 unspecified atom stereocenters. The molecule has 90 valence electrons. The van der Waals surface area contributed by atoms with Crippen molar-refractivity contribution in [1.82, 2.24) is 0 Å². The van der Waals surface area contributed by atoms with Crippen LogP contribution >= 0.6 is 0 Å². The van der Waals surface area contributed by atoms with E-state index in [1.807, 2.05) is 6.08 Å². The van der Waals surface area contributed by atoms with Gasteiger partial charge in [-0.2, -0.15) is 0 Å². The van der Waals surface area contributed by atoms with Gasteiger partial charge in [0.25, 0.3) is 0 Å². The number of hydrogen-bond acceptors (Lipinski definition) is 2. The Bertz CT molecular complexity index is 290. The van der Waals surface area contributed by atoms with E-state index in [0.717, 1.165) is 18.4 Å². The Kier molecular flexibility index (Phi) is 4.78. The molecule has 0 aromatic heterocycles. The second-order valence-electron chi connectivity index (χ2n) is 5.05. The van der Waals surface area contributed by atoms with Crippen LogP contribution < -0.4 is 0 Å². The van der Waals surface area contributed by atoms with Crippen molar-refractivity contribution in [3.05, 3.63) is 23.8 Å².